The molecule has 2 unspecified atom stereocenters. The first kappa shape index (κ1) is 12.9. The fourth-order valence-corrected chi connectivity index (χ4v) is 3.38. The molecule has 5 heteroatoms. The van der Waals surface area contributed by atoms with Gasteiger partial charge in [-0.2, -0.15) is 0 Å². The minimum Gasteiger partial charge on any atom is -0.364 e. The van der Waals surface area contributed by atoms with Crippen LogP contribution in [0.1, 0.15) is 39.0 Å². The highest BCUT2D eigenvalue weighted by Gasteiger charge is 2.21. The van der Waals surface area contributed by atoms with Gasteiger partial charge in [0.15, 0.2) is 11.5 Å². The van der Waals surface area contributed by atoms with Gasteiger partial charge in [0.2, 0.25) is 0 Å². The lowest BCUT2D eigenvalue weighted by Crippen LogP contribution is -2.27. The van der Waals surface area contributed by atoms with Gasteiger partial charge in [0.05, 0.1) is 0 Å². The van der Waals surface area contributed by atoms with Crippen LogP contribution in [0, 0.1) is 5.92 Å². The average Bonchev–Trinajstić information content (AvgIpc) is 2.87. The van der Waals surface area contributed by atoms with Crippen LogP contribution in [0.15, 0.2) is 23.2 Å². The molecule has 1 aliphatic rings. The third-order valence-corrected chi connectivity index (χ3v) is 4.43. The van der Waals surface area contributed by atoms with Gasteiger partial charge in [0.1, 0.15) is 4.60 Å². The quantitative estimate of drug-likeness (QED) is 0.932. The molecule has 0 spiro atoms. The molecular weight excluding hydrogens is 304 g/mol. The van der Waals surface area contributed by atoms with Crippen LogP contribution in [0.3, 0.4) is 0 Å². The Morgan fingerprint density at radius 3 is 3.21 bits per heavy atom. The third-order valence-electron chi connectivity index (χ3n) is 4.05. The number of halogens is 1. The lowest BCUT2D eigenvalue weighted by molar-refractivity contribution is 0.327. The molecule has 102 valence electrons. The van der Waals surface area contributed by atoms with E-state index in [0.717, 1.165) is 22.0 Å². The summed E-state index contributed by atoms with van der Waals surface area (Å²) in [5, 5.41) is 3.59. The van der Waals surface area contributed by atoms with E-state index < -0.39 is 0 Å². The van der Waals surface area contributed by atoms with Gasteiger partial charge < -0.3 is 9.72 Å². The Hall–Kier alpha value is -1.10. The summed E-state index contributed by atoms with van der Waals surface area (Å²) in [5.74, 6) is 1.75. The number of hydrogen-bond donors (Lipinski definition) is 1. The van der Waals surface area contributed by atoms with Gasteiger partial charge >= 0.3 is 0 Å². The summed E-state index contributed by atoms with van der Waals surface area (Å²) in [5.41, 5.74) is 0.904. The van der Waals surface area contributed by atoms with Crippen molar-refractivity contribution in [3.63, 3.8) is 0 Å². The second-order valence-electron chi connectivity index (χ2n) is 5.35. The highest BCUT2D eigenvalue weighted by Crippen LogP contribution is 2.29. The number of aromatic nitrogens is 3. The summed E-state index contributed by atoms with van der Waals surface area (Å²) >= 11 is 3.46. The molecule has 0 amide bonds. The van der Waals surface area contributed by atoms with Gasteiger partial charge in [-0.15, -0.1) is 0 Å². The SMILES string of the molecule is CCC1CCCC(Nc2nc(Br)cn3ccnc23)C1. The number of imidazole rings is 1. The number of hydrogen-bond acceptors (Lipinski definition) is 3. The molecule has 2 aromatic heterocycles. The van der Waals surface area contributed by atoms with E-state index in [1.165, 1.54) is 32.1 Å². The van der Waals surface area contributed by atoms with Crippen molar-refractivity contribution < 1.29 is 0 Å². The van der Waals surface area contributed by atoms with Crippen molar-refractivity contribution in [2.75, 3.05) is 5.32 Å². The van der Waals surface area contributed by atoms with Crippen molar-refractivity contribution in [1.82, 2.24) is 14.4 Å². The van der Waals surface area contributed by atoms with E-state index in [4.69, 9.17) is 0 Å². The minimum atomic E-state index is 0.529. The summed E-state index contributed by atoms with van der Waals surface area (Å²) in [6, 6.07) is 0.529. The van der Waals surface area contributed by atoms with Crippen molar-refractivity contribution in [1.29, 1.82) is 0 Å². The highest BCUT2D eigenvalue weighted by molar-refractivity contribution is 9.10. The molecule has 3 rings (SSSR count). The fraction of sp³-hybridized carbons (Fsp3) is 0.571. The van der Waals surface area contributed by atoms with Crippen molar-refractivity contribution in [2.24, 2.45) is 5.92 Å². The molecule has 2 aromatic rings. The zero-order valence-electron chi connectivity index (χ0n) is 11.1. The molecule has 1 saturated carbocycles. The van der Waals surface area contributed by atoms with Crippen LogP contribution >= 0.6 is 15.9 Å². The van der Waals surface area contributed by atoms with Gasteiger partial charge in [-0.1, -0.05) is 26.2 Å². The summed E-state index contributed by atoms with van der Waals surface area (Å²) in [7, 11) is 0. The van der Waals surface area contributed by atoms with Crippen LogP contribution in [0.2, 0.25) is 0 Å². The van der Waals surface area contributed by atoms with Gasteiger partial charge in [-0.3, -0.25) is 0 Å². The zero-order valence-corrected chi connectivity index (χ0v) is 12.7. The first-order valence-corrected chi connectivity index (χ1v) is 7.81. The van der Waals surface area contributed by atoms with E-state index in [-0.39, 0.29) is 0 Å². The molecule has 0 radical (unpaired) electrons. The molecule has 4 nitrogen and oxygen atoms in total. The van der Waals surface area contributed by atoms with Crippen molar-refractivity contribution in [2.45, 2.75) is 45.1 Å². The molecule has 0 aliphatic heterocycles. The largest absolute Gasteiger partial charge is 0.364 e. The lowest BCUT2D eigenvalue weighted by atomic mass is 9.84. The topological polar surface area (TPSA) is 42.2 Å². The summed E-state index contributed by atoms with van der Waals surface area (Å²) in [6.07, 6.45) is 12.1. The molecule has 1 fully saturated rings. The smallest absolute Gasteiger partial charge is 0.180 e. The van der Waals surface area contributed by atoms with Crippen LogP contribution in [0.25, 0.3) is 5.65 Å². The Kier molecular flexibility index (Phi) is 3.73. The van der Waals surface area contributed by atoms with Crippen LogP contribution < -0.4 is 5.32 Å². The third kappa shape index (κ3) is 2.76. The summed E-state index contributed by atoms with van der Waals surface area (Å²) < 4.78 is 2.84. The Morgan fingerprint density at radius 1 is 1.47 bits per heavy atom. The molecule has 0 aromatic carbocycles. The molecular formula is C14H19BrN4. The predicted octanol–water partition coefficient (Wildman–Crippen LogP) is 3.87. The van der Waals surface area contributed by atoms with E-state index in [1.807, 2.05) is 23.0 Å². The minimum absolute atomic E-state index is 0.529. The lowest BCUT2D eigenvalue weighted by Gasteiger charge is -2.29. The fourth-order valence-electron chi connectivity index (χ4n) is 2.98. The van der Waals surface area contributed by atoms with Gasteiger partial charge in [-0.05, 0) is 34.7 Å². The first-order valence-electron chi connectivity index (χ1n) is 7.02. The van der Waals surface area contributed by atoms with E-state index in [2.05, 4.69) is 38.1 Å². The summed E-state index contributed by atoms with van der Waals surface area (Å²) in [6.45, 7) is 2.29. The standard InChI is InChI=1S/C14H19BrN4/c1-2-10-4-3-5-11(8-10)17-13-14-16-6-7-19(14)9-12(15)18-13/h6-7,9-11H,2-5,8H2,1H3,(H,17,18). The molecule has 0 saturated heterocycles. The van der Waals surface area contributed by atoms with Crippen LogP contribution in [0.5, 0.6) is 0 Å². The Labute approximate surface area is 121 Å². The second kappa shape index (κ2) is 5.49. The number of nitrogens with one attached hydrogen (secondary N) is 1. The van der Waals surface area contributed by atoms with Crippen LogP contribution in [-0.4, -0.2) is 20.4 Å². The Morgan fingerprint density at radius 2 is 2.37 bits per heavy atom. The summed E-state index contributed by atoms with van der Waals surface area (Å²) in [4.78, 5) is 8.92. The maximum absolute atomic E-state index is 4.54. The molecule has 19 heavy (non-hydrogen) atoms. The van der Waals surface area contributed by atoms with Gasteiger partial charge in [0, 0.05) is 24.6 Å². The van der Waals surface area contributed by atoms with E-state index in [0.29, 0.717) is 6.04 Å². The van der Waals surface area contributed by atoms with E-state index >= 15 is 0 Å². The Bertz CT molecular complexity index is 566. The average molecular weight is 323 g/mol. The van der Waals surface area contributed by atoms with Gasteiger partial charge in [0.25, 0.3) is 0 Å². The van der Waals surface area contributed by atoms with Crippen LogP contribution in [0.4, 0.5) is 5.82 Å². The first-order chi connectivity index (χ1) is 9.26. The number of nitrogens with zero attached hydrogens (tertiary/aromatic N) is 3. The molecule has 2 heterocycles. The normalized spacial score (nSPS) is 23.7. The number of fused-ring (bicyclic) bond motifs is 1. The second-order valence-corrected chi connectivity index (χ2v) is 6.16. The van der Waals surface area contributed by atoms with Crippen molar-refractivity contribution in [3.8, 4) is 0 Å². The molecule has 1 aliphatic carbocycles. The number of rotatable bonds is 3. The Balaban J connectivity index is 1.82. The van der Waals surface area contributed by atoms with E-state index in [9.17, 15) is 0 Å². The number of anilines is 1. The maximum atomic E-state index is 4.54. The van der Waals surface area contributed by atoms with Crippen molar-refractivity contribution >= 4 is 27.4 Å². The predicted molar refractivity (Wildman–Crippen MR) is 80.3 cm³/mol. The molecule has 2 atom stereocenters. The zero-order chi connectivity index (χ0) is 13.2. The molecule has 1 N–H and O–H groups in total. The van der Waals surface area contributed by atoms with Gasteiger partial charge in [-0.25, -0.2) is 9.97 Å². The highest BCUT2D eigenvalue weighted by atomic mass is 79.9. The monoisotopic (exact) mass is 322 g/mol. The van der Waals surface area contributed by atoms with Crippen LogP contribution in [-0.2, 0) is 0 Å². The molecule has 0 bridgehead atoms. The van der Waals surface area contributed by atoms with Crippen molar-refractivity contribution in [3.05, 3.63) is 23.2 Å². The maximum Gasteiger partial charge on any atom is 0.180 e. The van der Waals surface area contributed by atoms with E-state index in [1.54, 1.807) is 0 Å².